The van der Waals surface area contributed by atoms with E-state index >= 15 is 0 Å². The van der Waals surface area contributed by atoms with E-state index in [1.165, 1.54) is 19.5 Å². The fraction of sp³-hybridized carbons (Fsp3) is 0.636. The summed E-state index contributed by atoms with van der Waals surface area (Å²) >= 11 is 0. The van der Waals surface area contributed by atoms with Gasteiger partial charge in [0, 0.05) is 25.1 Å². The molecule has 1 aliphatic heterocycles. The maximum Gasteiger partial charge on any atom is 0.0755 e. The molecule has 0 aliphatic carbocycles. The summed E-state index contributed by atoms with van der Waals surface area (Å²) in [5.74, 6) is 0.828. The van der Waals surface area contributed by atoms with Gasteiger partial charge < -0.3 is 0 Å². The fourth-order valence-corrected chi connectivity index (χ4v) is 2.03. The first-order valence-corrected chi connectivity index (χ1v) is 5.27. The molecule has 0 aromatic carbocycles. The van der Waals surface area contributed by atoms with Crippen LogP contribution in [0.3, 0.4) is 0 Å². The molecule has 0 spiro atoms. The Morgan fingerprint density at radius 3 is 2.93 bits per heavy atom. The molecular weight excluding hydrogens is 174 g/mol. The summed E-state index contributed by atoms with van der Waals surface area (Å²) in [4.78, 5) is 10.9. The molecule has 3 nitrogen and oxygen atoms in total. The molecule has 1 aromatic rings. The van der Waals surface area contributed by atoms with Crippen molar-refractivity contribution in [1.82, 2.24) is 14.9 Å². The van der Waals surface area contributed by atoms with Crippen LogP contribution in [-0.4, -0.2) is 28.0 Å². The summed E-state index contributed by atoms with van der Waals surface area (Å²) in [5.41, 5.74) is 1.08. The molecule has 1 fully saturated rings. The van der Waals surface area contributed by atoms with Crippen molar-refractivity contribution in [3.63, 3.8) is 0 Å². The van der Waals surface area contributed by atoms with E-state index in [2.05, 4.69) is 28.7 Å². The minimum atomic E-state index is 0.411. The normalized spacial score (nSPS) is 25.1. The molecule has 0 radical (unpaired) electrons. The van der Waals surface area contributed by atoms with Gasteiger partial charge in [-0.2, -0.15) is 0 Å². The number of hydrogen-bond acceptors (Lipinski definition) is 3. The highest BCUT2D eigenvalue weighted by molar-refractivity contribution is 5.02. The topological polar surface area (TPSA) is 29.0 Å². The standard InChI is InChI=1S/C11H17N3/c1-9-3-6-14(8-9)10(2)11-7-12-4-5-13-11/h4-5,7,9-10H,3,6,8H2,1-2H3. The number of nitrogens with zero attached hydrogens (tertiary/aromatic N) is 3. The van der Waals surface area contributed by atoms with E-state index in [0.29, 0.717) is 6.04 Å². The molecule has 1 aliphatic rings. The Balaban J connectivity index is 2.05. The molecule has 2 rings (SSSR count). The predicted octanol–water partition coefficient (Wildman–Crippen LogP) is 1.88. The van der Waals surface area contributed by atoms with Crippen LogP contribution in [0.5, 0.6) is 0 Å². The van der Waals surface area contributed by atoms with Crippen LogP contribution in [0.4, 0.5) is 0 Å². The lowest BCUT2D eigenvalue weighted by Crippen LogP contribution is -2.24. The quantitative estimate of drug-likeness (QED) is 0.714. The third kappa shape index (κ3) is 1.93. The lowest BCUT2D eigenvalue weighted by molar-refractivity contribution is 0.250. The van der Waals surface area contributed by atoms with Crippen LogP contribution < -0.4 is 0 Å². The zero-order valence-corrected chi connectivity index (χ0v) is 8.85. The monoisotopic (exact) mass is 191 g/mol. The molecule has 3 heteroatoms. The van der Waals surface area contributed by atoms with Crippen LogP contribution in [0.25, 0.3) is 0 Å². The Morgan fingerprint density at radius 2 is 2.36 bits per heavy atom. The SMILES string of the molecule is CC1CCN(C(C)c2cnccn2)C1. The fourth-order valence-electron chi connectivity index (χ4n) is 2.03. The van der Waals surface area contributed by atoms with Gasteiger partial charge in [0.1, 0.15) is 0 Å². The average molecular weight is 191 g/mol. The molecule has 0 amide bonds. The van der Waals surface area contributed by atoms with E-state index in [-0.39, 0.29) is 0 Å². The predicted molar refractivity (Wildman–Crippen MR) is 55.8 cm³/mol. The van der Waals surface area contributed by atoms with E-state index in [1.54, 1.807) is 12.4 Å². The molecule has 14 heavy (non-hydrogen) atoms. The molecule has 2 heterocycles. The van der Waals surface area contributed by atoms with Crippen LogP contribution in [0.2, 0.25) is 0 Å². The molecule has 1 aromatic heterocycles. The summed E-state index contributed by atoms with van der Waals surface area (Å²) in [5, 5.41) is 0. The first-order chi connectivity index (χ1) is 6.77. The van der Waals surface area contributed by atoms with Gasteiger partial charge in [0.2, 0.25) is 0 Å². The van der Waals surface area contributed by atoms with Crippen molar-refractivity contribution >= 4 is 0 Å². The van der Waals surface area contributed by atoms with Crippen molar-refractivity contribution in [3.8, 4) is 0 Å². The lowest BCUT2D eigenvalue weighted by atomic mass is 10.2. The van der Waals surface area contributed by atoms with Gasteiger partial charge in [0.15, 0.2) is 0 Å². The second kappa shape index (κ2) is 4.05. The van der Waals surface area contributed by atoms with Gasteiger partial charge >= 0.3 is 0 Å². The minimum Gasteiger partial charge on any atom is -0.295 e. The van der Waals surface area contributed by atoms with Gasteiger partial charge in [-0.15, -0.1) is 0 Å². The summed E-state index contributed by atoms with van der Waals surface area (Å²) in [7, 11) is 0. The Hall–Kier alpha value is -0.960. The molecule has 0 bridgehead atoms. The number of rotatable bonds is 2. The van der Waals surface area contributed by atoms with E-state index in [0.717, 1.165) is 11.6 Å². The largest absolute Gasteiger partial charge is 0.295 e. The van der Waals surface area contributed by atoms with Crippen LogP contribution in [0.15, 0.2) is 18.6 Å². The van der Waals surface area contributed by atoms with Crippen molar-refractivity contribution in [2.24, 2.45) is 5.92 Å². The van der Waals surface area contributed by atoms with E-state index in [9.17, 15) is 0 Å². The van der Waals surface area contributed by atoms with Gasteiger partial charge in [-0.05, 0) is 25.8 Å². The second-order valence-electron chi connectivity index (χ2n) is 4.20. The molecule has 76 valence electrons. The van der Waals surface area contributed by atoms with Crippen LogP contribution >= 0.6 is 0 Å². The third-order valence-corrected chi connectivity index (χ3v) is 3.01. The highest BCUT2D eigenvalue weighted by Crippen LogP contribution is 2.25. The van der Waals surface area contributed by atoms with Crippen LogP contribution in [0, 0.1) is 5.92 Å². The zero-order chi connectivity index (χ0) is 9.97. The summed E-state index contributed by atoms with van der Waals surface area (Å²) in [6.07, 6.45) is 6.67. The number of hydrogen-bond donors (Lipinski definition) is 0. The molecule has 1 saturated heterocycles. The minimum absolute atomic E-state index is 0.411. The first-order valence-electron chi connectivity index (χ1n) is 5.27. The third-order valence-electron chi connectivity index (χ3n) is 3.01. The van der Waals surface area contributed by atoms with E-state index in [1.807, 2.05) is 6.20 Å². The van der Waals surface area contributed by atoms with Gasteiger partial charge in [0.05, 0.1) is 11.7 Å². The van der Waals surface area contributed by atoms with Gasteiger partial charge in [-0.25, -0.2) is 0 Å². The molecule has 2 unspecified atom stereocenters. The Morgan fingerprint density at radius 1 is 1.50 bits per heavy atom. The van der Waals surface area contributed by atoms with Gasteiger partial charge in [-0.1, -0.05) is 6.92 Å². The summed E-state index contributed by atoms with van der Waals surface area (Å²) < 4.78 is 0. The number of aromatic nitrogens is 2. The maximum absolute atomic E-state index is 4.34. The number of likely N-dealkylation sites (tertiary alicyclic amines) is 1. The van der Waals surface area contributed by atoms with Crippen molar-refractivity contribution in [3.05, 3.63) is 24.3 Å². The maximum atomic E-state index is 4.34. The summed E-state index contributed by atoms with van der Waals surface area (Å²) in [6.45, 7) is 6.90. The Kier molecular flexibility index (Phi) is 2.77. The Bertz CT molecular complexity index is 286. The highest BCUT2D eigenvalue weighted by atomic mass is 15.2. The zero-order valence-electron chi connectivity index (χ0n) is 8.85. The molecular formula is C11H17N3. The van der Waals surface area contributed by atoms with Crippen molar-refractivity contribution in [1.29, 1.82) is 0 Å². The van der Waals surface area contributed by atoms with E-state index < -0.39 is 0 Å². The van der Waals surface area contributed by atoms with Gasteiger partial charge in [0.25, 0.3) is 0 Å². The molecule has 0 saturated carbocycles. The van der Waals surface area contributed by atoms with Crippen molar-refractivity contribution < 1.29 is 0 Å². The smallest absolute Gasteiger partial charge is 0.0755 e. The second-order valence-corrected chi connectivity index (χ2v) is 4.20. The summed E-state index contributed by atoms with van der Waals surface area (Å²) in [6, 6.07) is 0.411. The van der Waals surface area contributed by atoms with Crippen LogP contribution in [0.1, 0.15) is 32.0 Å². The van der Waals surface area contributed by atoms with Crippen molar-refractivity contribution in [2.75, 3.05) is 13.1 Å². The average Bonchev–Trinajstić information content (AvgIpc) is 2.65. The first kappa shape index (κ1) is 9.59. The highest BCUT2D eigenvalue weighted by Gasteiger charge is 2.24. The van der Waals surface area contributed by atoms with E-state index in [4.69, 9.17) is 0 Å². The van der Waals surface area contributed by atoms with Gasteiger partial charge in [-0.3, -0.25) is 14.9 Å². The van der Waals surface area contributed by atoms with Crippen LogP contribution in [-0.2, 0) is 0 Å². The molecule has 0 N–H and O–H groups in total. The van der Waals surface area contributed by atoms with Crippen molar-refractivity contribution in [2.45, 2.75) is 26.3 Å². The Labute approximate surface area is 85.2 Å². The lowest BCUT2D eigenvalue weighted by Gasteiger charge is -2.22. The molecule has 2 atom stereocenters.